The molecule has 0 amide bonds. The van der Waals surface area contributed by atoms with Crippen molar-refractivity contribution in [2.75, 3.05) is 45.2 Å². The lowest BCUT2D eigenvalue weighted by Gasteiger charge is -2.24. The van der Waals surface area contributed by atoms with Gasteiger partial charge in [0.2, 0.25) is 0 Å². The monoisotopic (exact) mass is 381 g/mol. The Labute approximate surface area is 167 Å². The maximum atomic E-state index is 9.91. The molecule has 5 nitrogen and oxygen atoms in total. The minimum absolute atomic E-state index is 0.237. The second-order valence-corrected chi connectivity index (χ2v) is 7.20. The van der Waals surface area contributed by atoms with Gasteiger partial charge in [0, 0.05) is 30.4 Å². The minimum atomic E-state index is 0.237. The van der Waals surface area contributed by atoms with Crippen LogP contribution in [0.4, 0.5) is 5.69 Å². The average Bonchev–Trinajstić information content (AvgIpc) is 2.71. The first kappa shape index (κ1) is 20.2. The van der Waals surface area contributed by atoms with Crippen LogP contribution in [0.3, 0.4) is 0 Å². The first-order valence-corrected chi connectivity index (χ1v) is 10.1. The number of aromatic hydroxyl groups is 1. The molecule has 150 valence electrons. The van der Waals surface area contributed by atoms with Gasteiger partial charge in [-0.1, -0.05) is 13.8 Å². The van der Waals surface area contributed by atoms with Gasteiger partial charge in [-0.3, -0.25) is 0 Å². The number of hydrogen-bond donors (Lipinski definition) is 1. The van der Waals surface area contributed by atoms with Crippen molar-refractivity contribution in [1.82, 2.24) is 9.88 Å². The molecule has 0 fully saturated rings. The number of benzene rings is 2. The van der Waals surface area contributed by atoms with E-state index in [0.717, 1.165) is 65.8 Å². The number of pyridine rings is 1. The Bertz CT molecular complexity index is 938. The van der Waals surface area contributed by atoms with Crippen LogP contribution >= 0.6 is 0 Å². The minimum Gasteiger partial charge on any atom is -0.508 e. The van der Waals surface area contributed by atoms with Crippen LogP contribution < -0.4 is 9.64 Å². The van der Waals surface area contributed by atoms with Gasteiger partial charge in [-0.25, -0.2) is 4.98 Å². The first-order valence-electron chi connectivity index (χ1n) is 10.1. The summed E-state index contributed by atoms with van der Waals surface area (Å²) in [6.07, 6.45) is 2.30. The quantitative estimate of drug-likeness (QED) is 0.431. The molecule has 1 N–H and O–H groups in total. The molecule has 0 unspecified atom stereocenters. The van der Waals surface area contributed by atoms with Crippen LogP contribution in [0.5, 0.6) is 11.5 Å². The van der Waals surface area contributed by atoms with Gasteiger partial charge in [-0.2, -0.15) is 0 Å². The van der Waals surface area contributed by atoms with Crippen molar-refractivity contribution in [3.63, 3.8) is 0 Å². The van der Waals surface area contributed by atoms with Crippen molar-refractivity contribution in [1.29, 1.82) is 0 Å². The van der Waals surface area contributed by atoms with Crippen LogP contribution in [0.25, 0.3) is 21.8 Å². The predicted octanol–water partition coefficient (Wildman–Crippen LogP) is 4.66. The molecule has 0 aliphatic heterocycles. The summed E-state index contributed by atoms with van der Waals surface area (Å²) < 4.78 is 5.45. The average molecular weight is 382 g/mol. The highest BCUT2D eigenvalue weighted by molar-refractivity contribution is 6.08. The van der Waals surface area contributed by atoms with Crippen LogP contribution in [0.15, 0.2) is 36.4 Å². The molecule has 0 aliphatic rings. The van der Waals surface area contributed by atoms with E-state index in [4.69, 9.17) is 9.72 Å². The van der Waals surface area contributed by atoms with E-state index >= 15 is 0 Å². The number of anilines is 1. The third kappa shape index (κ3) is 4.30. The summed E-state index contributed by atoms with van der Waals surface area (Å²) in [5.41, 5.74) is 2.85. The number of aromatic nitrogens is 1. The van der Waals surface area contributed by atoms with Crippen LogP contribution in [-0.2, 0) is 0 Å². The zero-order valence-corrected chi connectivity index (χ0v) is 17.4. The molecule has 0 saturated heterocycles. The highest BCUT2D eigenvalue weighted by atomic mass is 16.5. The number of fused-ring (bicyclic) bond motifs is 2. The van der Waals surface area contributed by atoms with Crippen molar-refractivity contribution in [2.45, 2.75) is 26.7 Å². The topological polar surface area (TPSA) is 48.8 Å². The zero-order chi connectivity index (χ0) is 20.1. The Kier molecular flexibility index (Phi) is 6.57. The van der Waals surface area contributed by atoms with Gasteiger partial charge in [-0.15, -0.1) is 0 Å². The number of nitrogens with zero attached hydrogens (tertiary/aromatic N) is 3. The van der Waals surface area contributed by atoms with Crippen LogP contribution in [0.1, 0.15) is 26.7 Å². The van der Waals surface area contributed by atoms with E-state index in [1.54, 1.807) is 19.2 Å². The van der Waals surface area contributed by atoms with Crippen molar-refractivity contribution >= 4 is 27.5 Å². The van der Waals surface area contributed by atoms with Gasteiger partial charge < -0.3 is 19.6 Å². The Morgan fingerprint density at radius 2 is 1.68 bits per heavy atom. The van der Waals surface area contributed by atoms with E-state index in [0.29, 0.717) is 0 Å². The summed E-state index contributed by atoms with van der Waals surface area (Å²) in [6.45, 7) is 8.75. The SMILES string of the molecule is CCN(CC)CCCCN(C)c1c2ccc(O)cc2nc2ccc(OC)cc12. The fourth-order valence-electron chi connectivity index (χ4n) is 3.76. The molecular formula is C23H31N3O2. The summed E-state index contributed by atoms with van der Waals surface area (Å²) >= 11 is 0. The summed E-state index contributed by atoms with van der Waals surface area (Å²) in [5, 5.41) is 12.0. The van der Waals surface area contributed by atoms with Crippen molar-refractivity contribution in [3.05, 3.63) is 36.4 Å². The van der Waals surface area contributed by atoms with Crippen LogP contribution in [0.2, 0.25) is 0 Å². The number of rotatable bonds is 9. The number of methoxy groups -OCH3 is 1. The van der Waals surface area contributed by atoms with Gasteiger partial charge in [0.25, 0.3) is 0 Å². The molecule has 0 spiro atoms. The lowest BCUT2D eigenvalue weighted by molar-refractivity contribution is 0.297. The Balaban J connectivity index is 1.93. The van der Waals surface area contributed by atoms with E-state index in [9.17, 15) is 5.11 Å². The third-order valence-corrected chi connectivity index (χ3v) is 5.43. The molecule has 0 radical (unpaired) electrons. The van der Waals surface area contributed by atoms with Gasteiger partial charge >= 0.3 is 0 Å². The lowest BCUT2D eigenvalue weighted by atomic mass is 10.1. The second-order valence-electron chi connectivity index (χ2n) is 7.20. The molecule has 2 aromatic carbocycles. The van der Waals surface area contributed by atoms with Crippen LogP contribution in [-0.4, -0.2) is 55.3 Å². The predicted molar refractivity (Wildman–Crippen MR) is 118 cm³/mol. The number of unbranched alkanes of at least 4 members (excludes halogenated alkanes) is 1. The number of phenolic OH excluding ortho intramolecular Hbond substituents is 1. The van der Waals surface area contributed by atoms with Crippen molar-refractivity contribution in [3.8, 4) is 11.5 Å². The van der Waals surface area contributed by atoms with E-state index in [1.807, 2.05) is 18.2 Å². The number of phenols is 1. The molecule has 3 aromatic rings. The van der Waals surface area contributed by atoms with Gasteiger partial charge in [-0.05, 0) is 62.8 Å². The van der Waals surface area contributed by atoms with E-state index < -0.39 is 0 Å². The van der Waals surface area contributed by atoms with E-state index in [2.05, 4.69) is 36.8 Å². The molecule has 1 aromatic heterocycles. The molecule has 0 saturated carbocycles. The smallest absolute Gasteiger partial charge is 0.119 e. The van der Waals surface area contributed by atoms with Gasteiger partial charge in [0.15, 0.2) is 0 Å². The molecule has 0 bridgehead atoms. The maximum absolute atomic E-state index is 9.91. The van der Waals surface area contributed by atoms with Crippen LogP contribution in [0, 0.1) is 0 Å². The highest BCUT2D eigenvalue weighted by Gasteiger charge is 2.14. The zero-order valence-electron chi connectivity index (χ0n) is 17.4. The van der Waals surface area contributed by atoms with Gasteiger partial charge in [0.1, 0.15) is 11.5 Å². The first-order chi connectivity index (χ1) is 13.6. The fourth-order valence-corrected chi connectivity index (χ4v) is 3.76. The normalized spacial score (nSPS) is 11.5. The maximum Gasteiger partial charge on any atom is 0.119 e. The summed E-state index contributed by atoms with van der Waals surface area (Å²) in [4.78, 5) is 9.52. The largest absolute Gasteiger partial charge is 0.508 e. The Hall–Kier alpha value is -2.53. The molecular weight excluding hydrogens is 350 g/mol. The van der Waals surface area contributed by atoms with E-state index in [1.165, 1.54) is 6.42 Å². The number of ether oxygens (including phenoxy) is 1. The molecule has 0 aliphatic carbocycles. The highest BCUT2D eigenvalue weighted by Crippen LogP contribution is 2.36. The summed E-state index contributed by atoms with van der Waals surface area (Å²) in [5.74, 6) is 1.06. The lowest BCUT2D eigenvalue weighted by Crippen LogP contribution is -2.25. The van der Waals surface area contributed by atoms with E-state index in [-0.39, 0.29) is 5.75 Å². The molecule has 3 rings (SSSR count). The standard InChI is InChI=1S/C23H31N3O2/c1-5-26(6-2)14-8-7-13-25(3)23-19-11-9-17(27)15-22(19)24-21-12-10-18(28-4)16-20(21)23/h9-12,15-16,27H,5-8,13-14H2,1-4H3. The molecule has 5 heteroatoms. The second kappa shape index (κ2) is 9.11. The van der Waals surface area contributed by atoms with Gasteiger partial charge in [0.05, 0.1) is 23.8 Å². The molecule has 0 atom stereocenters. The summed E-state index contributed by atoms with van der Waals surface area (Å²) in [6, 6.07) is 11.4. The molecule has 28 heavy (non-hydrogen) atoms. The summed E-state index contributed by atoms with van der Waals surface area (Å²) in [7, 11) is 3.82. The Morgan fingerprint density at radius 1 is 0.929 bits per heavy atom. The fraction of sp³-hybridized carbons (Fsp3) is 0.435. The molecule has 1 heterocycles. The third-order valence-electron chi connectivity index (χ3n) is 5.43. The Morgan fingerprint density at radius 3 is 2.39 bits per heavy atom. The van der Waals surface area contributed by atoms with Crippen molar-refractivity contribution < 1.29 is 9.84 Å². The number of hydrogen-bond acceptors (Lipinski definition) is 5. The van der Waals surface area contributed by atoms with Crippen molar-refractivity contribution in [2.24, 2.45) is 0 Å².